The highest BCUT2D eigenvalue weighted by molar-refractivity contribution is 7.99. The first-order chi connectivity index (χ1) is 14.3. The molecule has 0 aromatic heterocycles. The van der Waals surface area contributed by atoms with Crippen molar-refractivity contribution in [1.82, 2.24) is 10.2 Å². The smallest absolute Gasteiger partial charge is 0.242 e. The molecule has 2 aromatic carbocycles. The number of carbonyl (C=O) groups excluding carboxylic acids is 2. The maximum absolute atomic E-state index is 14.2. The van der Waals surface area contributed by atoms with Crippen LogP contribution in [-0.2, 0) is 21.9 Å². The zero-order chi connectivity index (χ0) is 22.1. The minimum absolute atomic E-state index is 0.0361. The van der Waals surface area contributed by atoms with Crippen LogP contribution in [0.25, 0.3) is 0 Å². The Morgan fingerprint density at radius 1 is 1.07 bits per heavy atom. The molecule has 162 valence electrons. The van der Waals surface area contributed by atoms with Crippen LogP contribution in [0.1, 0.15) is 31.9 Å². The second-order valence-corrected chi connectivity index (χ2v) is 8.91. The Labute approximate surface area is 187 Å². The van der Waals surface area contributed by atoms with Gasteiger partial charge in [-0.15, -0.1) is 11.8 Å². The number of nitrogens with zero attached hydrogens (tertiary/aromatic N) is 1. The fourth-order valence-corrected chi connectivity index (χ4v) is 3.99. The summed E-state index contributed by atoms with van der Waals surface area (Å²) in [5.74, 6) is 0.179. The third-order valence-electron chi connectivity index (χ3n) is 4.59. The van der Waals surface area contributed by atoms with Gasteiger partial charge in [0.25, 0.3) is 0 Å². The molecule has 0 radical (unpaired) electrons. The van der Waals surface area contributed by atoms with Gasteiger partial charge in [-0.05, 0) is 30.5 Å². The Morgan fingerprint density at radius 3 is 2.33 bits per heavy atom. The molecule has 1 atom stereocenters. The maximum atomic E-state index is 14.2. The number of carbonyl (C=O) groups is 2. The predicted octanol–water partition coefficient (Wildman–Crippen LogP) is 4.90. The Kier molecular flexibility index (Phi) is 9.66. The topological polar surface area (TPSA) is 49.4 Å². The molecule has 1 N–H and O–H groups in total. The number of halogens is 2. The molecular weight excluding hydrogens is 423 g/mol. The monoisotopic (exact) mass is 450 g/mol. The molecule has 0 saturated heterocycles. The summed E-state index contributed by atoms with van der Waals surface area (Å²) >= 11 is 7.59. The second kappa shape index (κ2) is 12.0. The van der Waals surface area contributed by atoms with Crippen molar-refractivity contribution >= 4 is 35.2 Å². The van der Waals surface area contributed by atoms with Gasteiger partial charge in [-0.3, -0.25) is 9.59 Å². The standard InChI is InChI=1S/C23H28ClFN2O2S/c1-16(2)12-26-23(29)17(3)27(13-18-8-5-7-11-21(18)25)22(28)15-30-14-19-9-4-6-10-20(19)24/h4-11,16-17H,12-15H2,1-3H3,(H,26,29)/t17-/m0/s1. The third-order valence-corrected chi connectivity index (χ3v) is 5.93. The van der Waals surface area contributed by atoms with E-state index in [0.29, 0.717) is 28.8 Å². The average Bonchev–Trinajstić information content (AvgIpc) is 2.72. The van der Waals surface area contributed by atoms with Gasteiger partial charge in [0.1, 0.15) is 11.9 Å². The molecule has 0 unspecified atom stereocenters. The lowest BCUT2D eigenvalue weighted by atomic mass is 10.1. The number of nitrogens with one attached hydrogen (secondary N) is 1. The molecule has 2 aromatic rings. The Morgan fingerprint density at radius 2 is 1.70 bits per heavy atom. The molecule has 2 rings (SSSR count). The molecule has 7 heteroatoms. The SMILES string of the molecule is CC(C)CNC(=O)[C@H](C)N(Cc1ccccc1F)C(=O)CSCc1ccccc1Cl. The van der Waals surface area contributed by atoms with E-state index in [4.69, 9.17) is 11.6 Å². The van der Waals surface area contributed by atoms with Gasteiger partial charge in [-0.2, -0.15) is 0 Å². The number of thioether (sulfide) groups is 1. The first-order valence-electron chi connectivity index (χ1n) is 9.91. The molecule has 0 heterocycles. The number of rotatable bonds is 10. The number of benzene rings is 2. The molecule has 0 aliphatic carbocycles. The summed E-state index contributed by atoms with van der Waals surface area (Å²) in [5, 5.41) is 3.51. The molecule has 30 heavy (non-hydrogen) atoms. The van der Waals surface area contributed by atoms with E-state index < -0.39 is 11.9 Å². The first-order valence-corrected chi connectivity index (χ1v) is 11.4. The highest BCUT2D eigenvalue weighted by atomic mass is 35.5. The van der Waals surface area contributed by atoms with Crippen LogP contribution in [0.4, 0.5) is 4.39 Å². The summed E-state index contributed by atoms with van der Waals surface area (Å²) in [5.41, 5.74) is 1.32. The van der Waals surface area contributed by atoms with Crippen LogP contribution in [-0.4, -0.2) is 35.1 Å². The summed E-state index contributed by atoms with van der Waals surface area (Å²) in [7, 11) is 0. The summed E-state index contributed by atoms with van der Waals surface area (Å²) < 4.78 is 14.2. The van der Waals surface area contributed by atoms with E-state index in [1.54, 1.807) is 25.1 Å². The van der Waals surface area contributed by atoms with Gasteiger partial charge in [0.15, 0.2) is 0 Å². The van der Waals surface area contributed by atoms with E-state index in [1.165, 1.54) is 22.7 Å². The lowest BCUT2D eigenvalue weighted by Gasteiger charge is -2.29. The van der Waals surface area contributed by atoms with E-state index >= 15 is 0 Å². The van der Waals surface area contributed by atoms with Crippen LogP contribution in [0.2, 0.25) is 5.02 Å². The van der Waals surface area contributed by atoms with E-state index in [9.17, 15) is 14.0 Å². The van der Waals surface area contributed by atoms with Crippen LogP contribution in [0.15, 0.2) is 48.5 Å². The molecule has 2 amide bonds. The van der Waals surface area contributed by atoms with Gasteiger partial charge >= 0.3 is 0 Å². The van der Waals surface area contributed by atoms with Gasteiger partial charge in [0, 0.05) is 29.4 Å². The van der Waals surface area contributed by atoms with Crippen molar-refractivity contribution in [3.63, 3.8) is 0 Å². The largest absolute Gasteiger partial charge is 0.354 e. The zero-order valence-corrected chi connectivity index (χ0v) is 19.1. The van der Waals surface area contributed by atoms with Gasteiger partial charge in [-0.1, -0.05) is 61.8 Å². The number of amides is 2. The van der Waals surface area contributed by atoms with Crippen molar-refractivity contribution in [2.75, 3.05) is 12.3 Å². The lowest BCUT2D eigenvalue weighted by Crippen LogP contribution is -2.48. The molecule has 0 bridgehead atoms. The highest BCUT2D eigenvalue weighted by Gasteiger charge is 2.26. The normalized spacial score (nSPS) is 11.9. The van der Waals surface area contributed by atoms with E-state index in [-0.39, 0.29) is 24.1 Å². The zero-order valence-electron chi connectivity index (χ0n) is 17.5. The van der Waals surface area contributed by atoms with Gasteiger partial charge < -0.3 is 10.2 Å². The molecule has 0 saturated carbocycles. The molecule has 4 nitrogen and oxygen atoms in total. The fraction of sp³-hybridized carbons (Fsp3) is 0.391. The van der Waals surface area contributed by atoms with Crippen molar-refractivity contribution in [1.29, 1.82) is 0 Å². The predicted molar refractivity (Wildman–Crippen MR) is 122 cm³/mol. The quantitative estimate of drug-likeness (QED) is 0.560. The van der Waals surface area contributed by atoms with E-state index in [0.717, 1.165) is 5.56 Å². The Balaban J connectivity index is 2.08. The van der Waals surface area contributed by atoms with Gasteiger partial charge in [0.2, 0.25) is 11.8 Å². The van der Waals surface area contributed by atoms with Crippen molar-refractivity contribution < 1.29 is 14.0 Å². The van der Waals surface area contributed by atoms with Crippen LogP contribution >= 0.6 is 23.4 Å². The van der Waals surface area contributed by atoms with Crippen LogP contribution in [0.5, 0.6) is 0 Å². The fourth-order valence-electron chi connectivity index (χ4n) is 2.79. The Hall–Kier alpha value is -2.05. The lowest BCUT2D eigenvalue weighted by molar-refractivity contribution is -0.138. The minimum atomic E-state index is -0.711. The van der Waals surface area contributed by atoms with Crippen LogP contribution in [0.3, 0.4) is 0 Å². The first kappa shape index (κ1) is 24.2. The molecule has 0 aliphatic heterocycles. The van der Waals surface area contributed by atoms with Crippen molar-refractivity contribution in [3.8, 4) is 0 Å². The van der Waals surface area contributed by atoms with Crippen LogP contribution in [0, 0.1) is 11.7 Å². The number of hydrogen-bond acceptors (Lipinski definition) is 3. The average molecular weight is 451 g/mol. The minimum Gasteiger partial charge on any atom is -0.354 e. The van der Waals surface area contributed by atoms with Crippen molar-refractivity contribution in [2.24, 2.45) is 5.92 Å². The maximum Gasteiger partial charge on any atom is 0.242 e. The third kappa shape index (κ3) is 7.33. The van der Waals surface area contributed by atoms with Crippen molar-refractivity contribution in [2.45, 2.75) is 39.1 Å². The van der Waals surface area contributed by atoms with Crippen LogP contribution < -0.4 is 5.32 Å². The van der Waals surface area contributed by atoms with E-state index in [2.05, 4.69) is 5.32 Å². The molecular formula is C23H28ClFN2O2S. The summed E-state index contributed by atoms with van der Waals surface area (Å²) in [6, 6.07) is 13.1. The molecule has 0 fully saturated rings. The summed E-state index contributed by atoms with van der Waals surface area (Å²) in [4.78, 5) is 27.0. The highest BCUT2D eigenvalue weighted by Crippen LogP contribution is 2.22. The second-order valence-electron chi connectivity index (χ2n) is 7.51. The molecule has 0 spiro atoms. The van der Waals surface area contributed by atoms with Gasteiger partial charge in [0.05, 0.1) is 5.75 Å². The number of hydrogen-bond donors (Lipinski definition) is 1. The summed E-state index contributed by atoms with van der Waals surface area (Å²) in [6.07, 6.45) is 0. The van der Waals surface area contributed by atoms with Gasteiger partial charge in [-0.25, -0.2) is 4.39 Å². The Bertz CT molecular complexity index is 863. The molecule has 0 aliphatic rings. The van der Waals surface area contributed by atoms with Crippen molar-refractivity contribution in [3.05, 3.63) is 70.5 Å². The van der Waals surface area contributed by atoms with E-state index in [1.807, 2.05) is 38.1 Å². The summed E-state index contributed by atoms with van der Waals surface area (Å²) in [6.45, 7) is 6.23.